The minimum atomic E-state index is -0.0251. The number of thioether (sulfide) groups is 1. The Morgan fingerprint density at radius 1 is 1.00 bits per heavy atom. The van der Waals surface area contributed by atoms with Gasteiger partial charge in [-0.2, -0.15) is 0 Å². The molecule has 0 atom stereocenters. The summed E-state index contributed by atoms with van der Waals surface area (Å²) < 4.78 is 0. The molecule has 174 valence electrons. The summed E-state index contributed by atoms with van der Waals surface area (Å²) in [5, 5.41) is 2.60. The largest absolute Gasteiger partial charge is 0.335 e. The monoisotopic (exact) mass is 490 g/mol. The molecule has 2 aromatic carbocycles. The van der Waals surface area contributed by atoms with Crippen LogP contribution in [0.25, 0.3) is 6.08 Å². The van der Waals surface area contributed by atoms with E-state index in [1.54, 1.807) is 16.7 Å². The molecule has 2 aliphatic rings. The molecule has 0 saturated carbocycles. The number of piperazine rings is 1. The number of fused-ring (bicyclic) bond motifs is 1. The zero-order chi connectivity index (χ0) is 23.3. The molecule has 0 radical (unpaired) electrons. The van der Waals surface area contributed by atoms with Crippen LogP contribution in [-0.2, 0) is 11.3 Å². The second kappa shape index (κ2) is 10.5. The summed E-state index contributed by atoms with van der Waals surface area (Å²) in [4.78, 5) is 37.3. The molecule has 2 amide bonds. The molecule has 34 heavy (non-hydrogen) atoms. The molecule has 0 aliphatic carbocycles. The smallest absolute Gasteiger partial charge is 0.273 e. The summed E-state index contributed by atoms with van der Waals surface area (Å²) in [6.07, 6.45) is 4.32. The Hall–Kier alpha value is -2.94. The van der Waals surface area contributed by atoms with Crippen LogP contribution in [0.3, 0.4) is 0 Å². The third kappa shape index (κ3) is 5.24. The van der Waals surface area contributed by atoms with Crippen molar-refractivity contribution >= 4 is 46.7 Å². The van der Waals surface area contributed by atoms with Gasteiger partial charge in [-0.05, 0) is 17.7 Å². The van der Waals surface area contributed by atoms with Gasteiger partial charge >= 0.3 is 0 Å². The normalized spacial score (nSPS) is 16.8. The highest BCUT2D eigenvalue weighted by Gasteiger charge is 2.27. The molecule has 0 N–H and O–H groups in total. The number of anilines is 1. The highest BCUT2D eigenvalue weighted by molar-refractivity contribution is 8.00. The number of rotatable bonds is 6. The van der Waals surface area contributed by atoms with Crippen LogP contribution in [0, 0.1) is 0 Å². The van der Waals surface area contributed by atoms with Gasteiger partial charge in [0.25, 0.3) is 5.91 Å². The molecule has 1 fully saturated rings. The van der Waals surface area contributed by atoms with E-state index in [-0.39, 0.29) is 11.8 Å². The summed E-state index contributed by atoms with van der Waals surface area (Å²) in [7, 11) is 0. The zero-order valence-corrected chi connectivity index (χ0v) is 20.4. The van der Waals surface area contributed by atoms with Crippen LogP contribution in [0.15, 0.2) is 70.9 Å². The topological polar surface area (TPSA) is 56.8 Å². The summed E-state index contributed by atoms with van der Waals surface area (Å²) >= 11 is 3.01. The van der Waals surface area contributed by atoms with Crippen molar-refractivity contribution < 1.29 is 9.59 Å². The van der Waals surface area contributed by atoms with E-state index in [0.29, 0.717) is 31.1 Å². The quantitative estimate of drug-likeness (QED) is 0.517. The maximum atomic E-state index is 13.0. The van der Waals surface area contributed by atoms with Gasteiger partial charge < -0.3 is 9.80 Å². The molecular formula is C26H26N4O2S2. The fourth-order valence-corrected chi connectivity index (χ4v) is 5.83. The maximum Gasteiger partial charge on any atom is 0.273 e. The number of amides is 2. The van der Waals surface area contributed by atoms with Gasteiger partial charge in [-0.1, -0.05) is 54.6 Å². The predicted molar refractivity (Wildman–Crippen MR) is 138 cm³/mol. The zero-order valence-electron chi connectivity index (χ0n) is 18.8. The number of aromatic nitrogens is 1. The molecule has 3 heterocycles. The van der Waals surface area contributed by atoms with Crippen LogP contribution in [0.1, 0.15) is 21.1 Å². The van der Waals surface area contributed by atoms with Gasteiger partial charge in [0.2, 0.25) is 5.91 Å². The predicted octanol–water partition coefficient (Wildman–Crippen LogP) is 4.25. The Balaban J connectivity index is 1.15. The maximum absolute atomic E-state index is 13.0. The van der Waals surface area contributed by atoms with Crippen molar-refractivity contribution in [3.8, 4) is 0 Å². The van der Waals surface area contributed by atoms with Gasteiger partial charge in [-0.25, -0.2) is 4.98 Å². The molecule has 6 nitrogen and oxygen atoms in total. The van der Waals surface area contributed by atoms with E-state index in [2.05, 4.69) is 34.2 Å². The van der Waals surface area contributed by atoms with Crippen LogP contribution in [0.2, 0.25) is 0 Å². The van der Waals surface area contributed by atoms with Crippen LogP contribution < -0.4 is 4.90 Å². The van der Waals surface area contributed by atoms with Crippen molar-refractivity contribution in [2.45, 2.75) is 11.4 Å². The number of carbonyl (C=O) groups excluding carboxylic acids is 2. The van der Waals surface area contributed by atoms with Crippen molar-refractivity contribution in [2.24, 2.45) is 0 Å². The summed E-state index contributed by atoms with van der Waals surface area (Å²) in [6.45, 7) is 4.36. The van der Waals surface area contributed by atoms with Crippen LogP contribution in [-0.4, -0.2) is 65.1 Å². The van der Waals surface area contributed by atoms with Crippen molar-refractivity contribution in [3.05, 3.63) is 82.3 Å². The minimum absolute atomic E-state index is 0.0251. The van der Waals surface area contributed by atoms with Gasteiger partial charge in [0, 0.05) is 43.0 Å². The van der Waals surface area contributed by atoms with Crippen molar-refractivity contribution in [3.63, 3.8) is 0 Å². The Morgan fingerprint density at radius 3 is 2.59 bits per heavy atom. The van der Waals surface area contributed by atoms with Crippen molar-refractivity contribution in [1.82, 2.24) is 14.8 Å². The minimum Gasteiger partial charge on any atom is -0.335 e. The summed E-state index contributed by atoms with van der Waals surface area (Å²) in [6, 6.07) is 18.2. The lowest BCUT2D eigenvalue weighted by Gasteiger charge is -2.33. The van der Waals surface area contributed by atoms with E-state index in [0.717, 1.165) is 35.2 Å². The third-order valence-corrected chi connectivity index (χ3v) is 7.89. The number of carbonyl (C=O) groups is 2. The Labute approximate surface area is 207 Å². The van der Waals surface area contributed by atoms with Crippen LogP contribution in [0.5, 0.6) is 0 Å². The lowest BCUT2D eigenvalue weighted by Crippen LogP contribution is -2.48. The molecule has 3 aromatic rings. The highest BCUT2D eigenvalue weighted by Crippen LogP contribution is 2.36. The van der Waals surface area contributed by atoms with Gasteiger partial charge in [-0.15, -0.1) is 23.1 Å². The van der Waals surface area contributed by atoms with E-state index < -0.39 is 0 Å². The van der Waals surface area contributed by atoms with E-state index in [4.69, 9.17) is 0 Å². The first-order valence-electron chi connectivity index (χ1n) is 11.4. The van der Waals surface area contributed by atoms with Gasteiger partial charge in [0.15, 0.2) is 0 Å². The number of hydrogen-bond acceptors (Lipinski definition) is 6. The summed E-state index contributed by atoms with van der Waals surface area (Å²) in [5.74, 6) is 0.478. The molecule has 1 saturated heterocycles. The average molecular weight is 491 g/mol. The Bertz CT molecular complexity index is 1190. The molecule has 8 heteroatoms. The van der Waals surface area contributed by atoms with E-state index in [1.807, 2.05) is 52.7 Å². The van der Waals surface area contributed by atoms with E-state index in [9.17, 15) is 9.59 Å². The Morgan fingerprint density at radius 2 is 1.76 bits per heavy atom. The van der Waals surface area contributed by atoms with Gasteiger partial charge in [0.1, 0.15) is 10.7 Å². The molecule has 2 aliphatic heterocycles. The third-order valence-electron chi connectivity index (χ3n) is 6.01. The lowest BCUT2D eigenvalue weighted by atomic mass is 10.2. The SMILES string of the molecule is O=C(c1csc(CN2C(=O)CSc3ccccc32)n1)N1CCN(CC=Cc2ccccc2)CC1. The fourth-order valence-electron chi connectivity index (χ4n) is 4.14. The first-order chi connectivity index (χ1) is 16.7. The van der Waals surface area contributed by atoms with Crippen LogP contribution in [0.4, 0.5) is 5.69 Å². The average Bonchev–Trinajstić information content (AvgIpc) is 3.35. The first-order valence-corrected chi connectivity index (χ1v) is 13.2. The van der Waals surface area contributed by atoms with Gasteiger partial charge in [0.05, 0.1) is 18.0 Å². The van der Waals surface area contributed by atoms with E-state index >= 15 is 0 Å². The highest BCUT2D eigenvalue weighted by atomic mass is 32.2. The van der Waals surface area contributed by atoms with Crippen LogP contribution >= 0.6 is 23.1 Å². The summed E-state index contributed by atoms with van der Waals surface area (Å²) in [5.41, 5.74) is 2.60. The number of hydrogen-bond donors (Lipinski definition) is 0. The van der Waals surface area contributed by atoms with Crippen molar-refractivity contribution in [1.29, 1.82) is 0 Å². The first kappa shape index (κ1) is 22.8. The number of nitrogens with zero attached hydrogens (tertiary/aromatic N) is 4. The molecular weight excluding hydrogens is 464 g/mol. The molecule has 0 bridgehead atoms. The Kier molecular flexibility index (Phi) is 7.08. The number of thiazole rings is 1. The second-order valence-electron chi connectivity index (χ2n) is 8.27. The molecule has 1 aromatic heterocycles. The van der Waals surface area contributed by atoms with E-state index in [1.165, 1.54) is 16.9 Å². The van der Waals surface area contributed by atoms with Crippen molar-refractivity contribution in [2.75, 3.05) is 43.4 Å². The molecule has 5 rings (SSSR count). The lowest BCUT2D eigenvalue weighted by molar-refractivity contribution is -0.116. The molecule has 0 unspecified atom stereocenters. The molecule has 0 spiro atoms. The van der Waals surface area contributed by atoms with Gasteiger partial charge in [-0.3, -0.25) is 14.5 Å². The second-order valence-corrected chi connectivity index (χ2v) is 10.2. The fraction of sp³-hybridized carbons (Fsp3) is 0.269. The number of benzene rings is 2. The standard InChI is InChI=1S/C26H26N4O2S2/c31-25-19-33-23-11-5-4-10-22(23)30(25)17-24-27-21(18-34-24)26(32)29-15-13-28(14-16-29)12-6-9-20-7-2-1-3-8-20/h1-11,18H,12-17,19H2. The number of para-hydroxylation sites is 1.